The standard InChI is InChI=1S/C32H30O3/c1-2-31(33)35-30(23-28-15-13-26(14-16-28)21-24-9-5-3-6-10-24)32(34)29-19-17-27(18-20-29)22-25-11-7-4-8-12-25/h2-20,30,32,34H,1,21-23H2. The van der Waals surface area contributed by atoms with Gasteiger partial charge in [-0.15, -0.1) is 0 Å². The third-order valence-corrected chi connectivity index (χ3v) is 6.07. The summed E-state index contributed by atoms with van der Waals surface area (Å²) in [6.07, 6.45) is 1.54. The van der Waals surface area contributed by atoms with Crippen molar-refractivity contribution in [1.82, 2.24) is 0 Å². The third-order valence-electron chi connectivity index (χ3n) is 6.07. The molecule has 0 bridgehead atoms. The first kappa shape index (κ1) is 24.2. The zero-order valence-corrected chi connectivity index (χ0v) is 19.7. The fourth-order valence-corrected chi connectivity index (χ4v) is 4.15. The number of aliphatic hydroxyl groups excluding tert-OH is 1. The highest BCUT2D eigenvalue weighted by Crippen LogP contribution is 2.24. The smallest absolute Gasteiger partial charge is 0.330 e. The average Bonchev–Trinajstić information content (AvgIpc) is 2.90. The van der Waals surface area contributed by atoms with Gasteiger partial charge in [-0.25, -0.2) is 4.79 Å². The van der Waals surface area contributed by atoms with E-state index in [2.05, 4.69) is 43.0 Å². The summed E-state index contributed by atoms with van der Waals surface area (Å²) in [4.78, 5) is 12.0. The van der Waals surface area contributed by atoms with Crippen molar-refractivity contribution in [3.8, 4) is 0 Å². The van der Waals surface area contributed by atoms with E-state index in [0.717, 1.165) is 30.0 Å². The molecular formula is C32H30O3. The van der Waals surface area contributed by atoms with Crippen LogP contribution in [0, 0.1) is 0 Å². The average molecular weight is 463 g/mol. The van der Waals surface area contributed by atoms with Crippen molar-refractivity contribution in [3.63, 3.8) is 0 Å². The number of benzene rings is 4. The zero-order chi connectivity index (χ0) is 24.5. The molecule has 176 valence electrons. The van der Waals surface area contributed by atoms with Crippen LogP contribution in [0.1, 0.15) is 39.5 Å². The Kier molecular flexibility index (Phi) is 8.26. The van der Waals surface area contributed by atoms with Crippen LogP contribution in [0.25, 0.3) is 0 Å². The quantitative estimate of drug-likeness (QED) is 0.224. The van der Waals surface area contributed by atoms with Crippen molar-refractivity contribution in [2.24, 2.45) is 0 Å². The number of hydrogen-bond donors (Lipinski definition) is 1. The molecule has 3 nitrogen and oxygen atoms in total. The van der Waals surface area contributed by atoms with E-state index in [9.17, 15) is 9.90 Å². The number of hydrogen-bond acceptors (Lipinski definition) is 3. The van der Waals surface area contributed by atoms with Gasteiger partial charge in [0.2, 0.25) is 0 Å². The molecule has 3 heteroatoms. The van der Waals surface area contributed by atoms with Gasteiger partial charge in [0.25, 0.3) is 0 Å². The number of carbonyl (C=O) groups excluding carboxylic acids is 1. The summed E-state index contributed by atoms with van der Waals surface area (Å²) in [6.45, 7) is 3.50. The Hall–Kier alpha value is -3.95. The second-order valence-electron chi connectivity index (χ2n) is 8.71. The van der Waals surface area contributed by atoms with E-state index < -0.39 is 18.2 Å². The van der Waals surface area contributed by atoms with Gasteiger partial charge in [0.1, 0.15) is 12.2 Å². The highest BCUT2D eigenvalue weighted by molar-refractivity contribution is 5.81. The van der Waals surface area contributed by atoms with Crippen LogP contribution in [0.2, 0.25) is 0 Å². The lowest BCUT2D eigenvalue weighted by Crippen LogP contribution is -2.27. The number of ether oxygens (including phenoxy) is 1. The Labute approximate surface area is 207 Å². The molecule has 0 amide bonds. The number of esters is 1. The van der Waals surface area contributed by atoms with Crippen LogP contribution in [-0.4, -0.2) is 17.2 Å². The maximum atomic E-state index is 12.0. The molecule has 4 aromatic carbocycles. The Morgan fingerprint density at radius 3 is 1.60 bits per heavy atom. The summed E-state index contributed by atoms with van der Waals surface area (Å²) in [7, 11) is 0. The number of rotatable bonds is 10. The monoisotopic (exact) mass is 462 g/mol. The fraction of sp³-hybridized carbons (Fsp3) is 0.156. The summed E-state index contributed by atoms with van der Waals surface area (Å²) >= 11 is 0. The van der Waals surface area contributed by atoms with Gasteiger partial charge in [0.15, 0.2) is 0 Å². The van der Waals surface area contributed by atoms with Crippen LogP contribution in [0.5, 0.6) is 0 Å². The van der Waals surface area contributed by atoms with Crippen LogP contribution < -0.4 is 0 Å². The first-order valence-electron chi connectivity index (χ1n) is 11.9. The molecule has 4 rings (SSSR count). The normalized spacial score (nSPS) is 12.5. The molecule has 0 saturated carbocycles. The highest BCUT2D eigenvalue weighted by Gasteiger charge is 2.25. The van der Waals surface area contributed by atoms with E-state index in [0.29, 0.717) is 12.0 Å². The molecule has 2 atom stereocenters. The molecule has 0 spiro atoms. The molecule has 0 saturated heterocycles. The molecule has 0 heterocycles. The zero-order valence-electron chi connectivity index (χ0n) is 19.7. The van der Waals surface area contributed by atoms with Gasteiger partial charge in [-0.2, -0.15) is 0 Å². The second kappa shape index (κ2) is 12.0. The number of aliphatic hydroxyl groups is 1. The maximum Gasteiger partial charge on any atom is 0.330 e. The van der Waals surface area contributed by atoms with Crippen molar-refractivity contribution < 1.29 is 14.6 Å². The van der Waals surface area contributed by atoms with Crippen molar-refractivity contribution >= 4 is 5.97 Å². The van der Waals surface area contributed by atoms with Crippen LogP contribution >= 0.6 is 0 Å². The van der Waals surface area contributed by atoms with E-state index in [1.807, 2.05) is 72.8 Å². The van der Waals surface area contributed by atoms with E-state index in [4.69, 9.17) is 4.74 Å². The van der Waals surface area contributed by atoms with Gasteiger partial charge < -0.3 is 9.84 Å². The molecule has 0 aliphatic rings. The summed E-state index contributed by atoms with van der Waals surface area (Å²) < 4.78 is 5.56. The van der Waals surface area contributed by atoms with Crippen LogP contribution in [-0.2, 0) is 28.8 Å². The second-order valence-corrected chi connectivity index (χ2v) is 8.71. The van der Waals surface area contributed by atoms with Gasteiger partial charge in [0, 0.05) is 12.5 Å². The summed E-state index contributed by atoms with van der Waals surface area (Å²) in [5, 5.41) is 11.1. The van der Waals surface area contributed by atoms with Crippen LogP contribution in [0.4, 0.5) is 0 Å². The molecule has 35 heavy (non-hydrogen) atoms. The van der Waals surface area contributed by atoms with Crippen molar-refractivity contribution in [2.45, 2.75) is 31.5 Å². The van der Waals surface area contributed by atoms with E-state index in [1.54, 1.807) is 0 Å². The minimum Gasteiger partial charge on any atom is -0.456 e. The van der Waals surface area contributed by atoms with Crippen LogP contribution in [0.3, 0.4) is 0 Å². The molecule has 0 aliphatic heterocycles. The Morgan fingerprint density at radius 1 is 0.686 bits per heavy atom. The lowest BCUT2D eigenvalue weighted by atomic mass is 9.95. The molecule has 0 fully saturated rings. The predicted molar refractivity (Wildman–Crippen MR) is 140 cm³/mol. The predicted octanol–water partition coefficient (Wildman–Crippen LogP) is 6.24. The fourth-order valence-electron chi connectivity index (χ4n) is 4.15. The van der Waals surface area contributed by atoms with Gasteiger partial charge in [-0.05, 0) is 46.2 Å². The Bertz CT molecular complexity index is 1210. The minimum atomic E-state index is -0.950. The van der Waals surface area contributed by atoms with Crippen molar-refractivity contribution in [1.29, 1.82) is 0 Å². The Balaban J connectivity index is 1.45. The van der Waals surface area contributed by atoms with Gasteiger partial charge in [-0.1, -0.05) is 116 Å². The first-order valence-corrected chi connectivity index (χ1v) is 11.9. The van der Waals surface area contributed by atoms with Gasteiger partial charge >= 0.3 is 5.97 Å². The minimum absolute atomic E-state index is 0.401. The molecular weight excluding hydrogens is 432 g/mol. The lowest BCUT2D eigenvalue weighted by Gasteiger charge is -2.23. The lowest BCUT2D eigenvalue weighted by molar-refractivity contribution is -0.149. The van der Waals surface area contributed by atoms with Crippen LogP contribution in [0.15, 0.2) is 122 Å². The summed E-state index contributed by atoms with van der Waals surface area (Å²) in [6, 6.07) is 36.6. The van der Waals surface area contributed by atoms with Crippen molar-refractivity contribution in [2.75, 3.05) is 0 Å². The topological polar surface area (TPSA) is 46.5 Å². The first-order chi connectivity index (χ1) is 17.1. The SMILES string of the molecule is C=CC(=O)OC(Cc1ccc(Cc2ccccc2)cc1)C(O)c1ccc(Cc2ccccc2)cc1. The molecule has 0 aromatic heterocycles. The van der Waals surface area contributed by atoms with Crippen molar-refractivity contribution in [3.05, 3.63) is 155 Å². The van der Waals surface area contributed by atoms with E-state index >= 15 is 0 Å². The van der Waals surface area contributed by atoms with E-state index in [1.165, 1.54) is 16.7 Å². The highest BCUT2D eigenvalue weighted by atomic mass is 16.6. The van der Waals surface area contributed by atoms with E-state index in [-0.39, 0.29) is 0 Å². The summed E-state index contributed by atoms with van der Waals surface area (Å²) in [5.74, 6) is -0.546. The van der Waals surface area contributed by atoms with Gasteiger partial charge in [0.05, 0.1) is 0 Å². The molecule has 1 N–H and O–H groups in total. The third kappa shape index (κ3) is 7.02. The molecule has 2 unspecified atom stereocenters. The maximum absolute atomic E-state index is 12.0. The summed E-state index contributed by atoms with van der Waals surface area (Å²) in [5.41, 5.74) is 6.54. The molecule has 0 radical (unpaired) electrons. The largest absolute Gasteiger partial charge is 0.456 e. The Morgan fingerprint density at radius 2 is 1.11 bits per heavy atom. The van der Waals surface area contributed by atoms with Gasteiger partial charge in [-0.3, -0.25) is 0 Å². The molecule has 4 aromatic rings. The number of carbonyl (C=O) groups is 1. The molecule has 0 aliphatic carbocycles.